The number of rotatable bonds is 7. The minimum absolute atomic E-state index is 0.222. The van der Waals surface area contributed by atoms with Crippen molar-refractivity contribution in [2.24, 2.45) is 5.92 Å². The lowest BCUT2D eigenvalue weighted by Gasteiger charge is -2.35. The zero-order chi connectivity index (χ0) is 16.2. The Labute approximate surface area is 129 Å². The van der Waals surface area contributed by atoms with Crippen LogP contribution in [0, 0.1) is 5.92 Å². The molecule has 0 aromatic heterocycles. The van der Waals surface area contributed by atoms with Gasteiger partial charge < -0.3 is 10.6 Å². The molecule has 0 saturated carbocycles. The van der Waals surface area contributed by atoms with E-state index in [4.69, 9.17) is 5.73 Å². The summed E-state index contributed by atoms with van der Waals surface area (Å²) in [5.41, 5.74) is 7.37. The van der Waals surface area contributed by atoms with Crippen LogP contribution in [0.25, 0.3) is 0 Å². The van der Waals surface area contributed by atoms with E-state index in [2.05, 4.69) is 32.6 Å². The van der Waals surface area contributed by atoms with Gasteiger partial charge in [-0.3, -0.25) is 0 Å². The average molecular weight is 312 g/mol. The second-order valence-electron chi connectivity index (χ2n) is 5.98. The molecule has 0 aliphatic rings. The third-order valence-electron chi connectivity index (χ3n) is 3.70. The maximum Gasteiger partial charge on any atom is 0.177 e. The van der Waals surface area contributed by atoms with Crippen LogP contribution in [0.1, 0.15) is 40.5 Å². The van der Waals surface area contributed by atoms with Gasteiger partial charge in [0.1, 0.15) is 0 Å². The van der Waals surface area contributed by atoms with Crippen LogP contribution in [0.5, 0.6) is 0 Å². The third kappa shape index (κ3) is 4.37. The molecule has 2 N–H and O–H groups in total. The molecule has 0 aliphatic carbocycles. The molecule has 0 saturated heterocycles. The summed E-state index contributed by atoms with van der Waals surface area (Å²) >= 11 is 0. The lowest BCUT2D eigenvalue weighted by Crippen LogP contribution is -2.38. The highest BCUT2D eigenvalue weighted by Gasteiger charge is 2.22. The van der Waals surface area contributed by atoms with Gasteiger partial charge in [0.15, 0.2) is 9.84 Å². The Morgan fingerprint density at radius 2 is 1.76 bits per heavy atom. The molecule has 4 nitrogen and oxygen atoms in total. The molecular formula is C16H28N2O2S. The van der Waals surface area contributed by atoms with Gasteiger partial charge in [0.2, 0.25) is 0 Å². The highest BCUT2D eigenvalue weighted by atomic mass is 32.2. The Morgan fingerprint density at radius 1 is 1.19 bits per heavy atom. The molecule has 0 atom stereocenters. The van der Waals surface area contributed by atoms with Crippen LogP contribution >= 0.6 is 0 Å². The Kier molecular flexibility index (Phi) is 6.08. The number of sulfone groups is 1. The summed E-state index contributed by atoms with van der Waals surface area (Å²) < 4.78 is 23.7. The van der Waals surface area contributed by atoms with Gasteiger partial charge in [0.05, 0.1) is 16.3 Å². The van der Waals surface area contributed by atoms with E-state index in [9.17, 15) is 8.42 Å². The molecule has 0 fully saturated rings. The molecule has 21 heavy (non-hydrogen) atoms. The molecule has 0 spiro atoms. The normalized spacial score (nSPS) is 12.1. The minimum atomic E-state index is -3.31. The van der Waals surface area contributed by atoms with Gasteiger partial charge in [-0.2, -0.15) is 0 Å². The van der Waals surface area contributed by atoms with Crippen molar-refractivity contribution in [2.45, 2.75) is 51.5 Å². The monoisotopic (exact) mass is 312 g/mol. The number of hydrogen-bond donors (Lipinski definition) is 1. The largest absolute Gasteiger partial charge is 0.396 e. The SMILES string of the molecule is CCC(CC)N(CC(C)C)c1cccc(S(C)(=O)=O)c1N. The minimum Gasteiger partial charge on any atom is -0.396 e. The summed E-state index contributed by atoms with van der Waals surface area (Å²) in [6, 6.07) is 5.64. The molecule has 1 aromatic carbocycles. The molecule has 0 amide bonds. The first-order valence-electron chi connectivity index (χ1n) is 7.57. The predicted molar refractivity (Wildman–Crippen MR) is 90.5 cm³/mol. The van der Waals surface area contributed by atoms with Gasteiger partial charge >= 0.3 is 0 Å². The number of nitrogen functional groups attached to an aromatic ring is 1. The maximum atomic E-state index is 11.9. The third-order valence-corrected chi connectivity index (χ3v) is 4.85. The van der Waals surface area contributed by atoms with Crippen LogP contribution < -0.4 is 10.6 Å². The van der Waals surface area contributed by atoms with E-state index >= 15 is 0 Å². The molecule has 0 unspecified atom stereocenters. The van der Waals surface area contributed by atoms with E-state index in [1.54, 1.807) is 12.1 Å². The molecule has 0 bridgehead atoms. The standard InChI is InChI=1S/C16H28N2O2S/c1-6-13(7-2)18(11-12(3)4)14-9-8-10-15(16(14)17)21(5,19)20/h8-10,12-13H,6-7,11,17H2,1-5H3. The van der Waals surface area contributed by atoms with E-state index in [0.29, 0.717) is 17.6 Å². The second kappa shape index (κ2) is 7.16. The van der Waals surface area contributed by atoms with Crippen LogP contribution in [-0.4, -0.2) is 27.3 Å². The van der Waals surface area contributed by atoms with E-state index in [0.717, 1.165) is 25.1 Å². The number of benzene rings is 1. The van der Waals surface area contributed by atoms with E-state index in [1.165, 1.54) is 6.26 Å². The number of nitrogens with zero attached hydrogens (tertiary/aromatic N) is 1. The zero-order valence-corrected chi connectivity index (χ0v) is 14.6. The van der Waals surface area contributed by atoms with Crippen molar-refractivity contribution in [2.75, 3.05) is 23.4 Å². The summed E-state index contributed by atoms with van der Waals surface area (Å²) in [7, 11) is -3.31. The van der Waals surface area contributed by atoms with Crippen molar-refractivity contribution in [3.8, 4) is 0 Å². The van der Waals surface area contributed by atoms with Crippen LogP contribution in [0.4, 0.5) is 11.4 Å². The first kappa shape index (κ1) is 17.8. The van der Waals surface area contributed by atoms with Gasteiger partial charge in [-0.1, -0.05) is 33.8 Å². The van der Waals surface area contributed by atoms with E-state index in [1.807, 2.05) is 6.07 Å². The van der Waals surface area contributed by atoms with Crippen LogP contribution in [0.15, 0.2) is 23.1 Å². The number of para-hydroxylation sites is 1. The van der Waals surface area contributed by atoms with E-state index < -0.39 is 9.84 Å². The van der Waals surface area contributed by atoms with Gasteiger partial charge in [-0.15, -0.1) is 0 Å². The van der Waals surface area contributed by atoms with Gasteiger partial charge in [-0.25, -0.2) is 8.42 Å². The molecule has 0 heterocycles. The van der Waals surface area contributed by atoms with Crippen LogP contribution in [-0.2, 0) is 9.84 Å². The van der Waals surface area contributed by atoms with Crippen molar-refractivity contribution in [3.05, 3.63) is 18.2 Å². The van der Waals surface area contributed by atoms with Crippen molar-refractivity contribution in [3.63, 3.8) is 0 Å². The van der Waals surface area contributed by atoms with E-state index in [-0.39, 0.29) is 4.90 Å². The summed E-state index contributed by atoms with van der Waals surface area (Å²) in [4.78, 5) is 2.48. The van der Waals surface area contributed by atoms with Gasteiger partial charge in [0.25, 0.3) is 0 Å². The quantitative estimate of drug-likeness (QED) is 0.784. The summed E-state index contributed by atoms with van der Waals surface area (Å²) in [6.07, 6.45) is 3.21. The highest BCUT2D eigenvalue weighted by molar-refractivity contribution is 7.90. The Bertz CT molecular complexity index is 564. The number of nitrogens with two attached hydrogens (primary N) is 1. The Morgan fingerprint density at radius 3 is 2.19 bits per heavy atom. The molecule has 120 valence electrons. The fourth-order valence-electron chi connectivity index (χ4n) is 2.67. The van der Waals surface area contributed by atoms with Crippen molar-refractivity contribution < 1.29 is 8.42 Å². The summed E-state index contributed by atoms with van der Waals surface area (Å²) in [5.74, 6) is 0.479. The molecular weight excluding hydrogens is 284 g/mol. The highest BCUT2D eigenvalue weighted by Crippen LogP contribution is 2.32. The maximum absolute atomic E-state index is 11.9. The zero-order valence-electron chi connectivity index (χ0n) is 13.8. The fourth-order valence-corrected chi connectivity index (χ4v) is 3.50. The van der Waals surface area contributed by atoms with Gasteiger partial charge in [-0.05, 0) is 30.9 Å². The second-order valence-corrected chi connectivity index (χ2v) is 7.96. The summed E-state index contributed by atoms with van der Waals surface area (Å²) in [6.45, 7) is 9.48. The number of hydrogen-bond acceptors (Lipinski definition) is 4. The smallest absolute Gasteiger partial charge is 0.177 e. The number of anilines is 2. The van der Waals surface area contributed by atoms with Crippen molar-refractivity contribution in [1.82, 2.24) is 0 Å². The first-order chi connectivity index (χ1) is 9.72. The lowest BCUT2D eigenvalue weighted by atomic mass is 10.1. The Hall–Kier alpha value is -1.23. The lowest BCUT2D eigenvalue weighted by molar-refractivity contribution is 0.508. The topological polar surface area (TPSA) is 63.4 Å². The Balaban J connectivity index is 3.38. The fraction of sp³-hybridized carbons (Fsp3) is 0.625. The predicted octanol–water partition coefficient (Wildman–Crippen LogP) is 3.32. The average Bonchev–Trinajstić information content (AvgIpc) is 2.37. The first-order valence-corrected chi connectivity index (χ1v) is 9.46. The van der Waals surface area contributed by atoms with Crippen molar-refractivity contribution >= 4 is 21.2 Å². The molecule has 1 aromatic rings. The van der Waals surface area contributed by atoms with Crippen LogP contribution in [0.2, 0.25) is 0 Å². The van der Waals surface area contributed by atoms with Gasteiger partial charge in [0, 0.05) is 18.8 Å². The molecule has 0 aliphatic heterocycles. The van der Waals surface area contributed by atoms with Crippen molar-refractivity contribution in [1.29, 1.82) is 0 Å². The molecule has 0 radical (unpaired) electrons. The summed E-state index contributed by atoms with van der Waals surface area (Å²) in [5, 5.41) is 0. The molecule has 1 rings (SSSR count). The molecule has 5 heteroatoms. The van der Waals surface area contributed by atoms with Crippen LogP contribution in [0.3, 0.4) is 0 Å².